The highest BCUT2D eigenvalue weighted by molar-refractivity contribution is 5.83. The van der Waals surface area contributed by atoms with E-state index in [4.69, 9.17) is 9.57 Å². The van der Waals surface area contributed by atoms with Gasteiger partial charge >= 0.3 is 0 Å². The lowest BCUT2D eigenvalue weighted by molar-refractivity contribution is -0.193. The van der Waals surface area contributed by atoms with E-state index in [2.05, 4.69) is 61.0 Å². The summed E-state index contributed by atoms with van der Waals surface area (Å²) in [7, 11) is 5.91. The summed E-state index contributed by atoms with van der Waals surface area (Å²) in [6.07, 6.45) is 10.3. The number of carbonyl (C=O) groups is 3. The first-order chi connectivity index (χ1) is 27.6. The maximum atomic E-state index is 14.4. The fourth-order valence-corrected chi connectivity index (χ4v) is 13.0. The van der Waals surface area contributed by atoms with Gasteiger partial charge in [-0.05, 0) is 133 Å². The van der Waals surface area contributed by atoms with Gasteiger partial charge < -0.3 is 41.1 Å². The van der Waals surface area contributed by atoms with E-state index in [1.807, 2.05) is 0 Å². The minimum atomic E-state index is -0.853. The highest BCUT2D eigenvalue weighted by Gasteiger charge is 2.58. The summed E-state index contributed by atoms with van der Waals surface area (Å²) in [6.45, 7) is 12.8. The second kappa shape index (κ2) is 19.9. The molecule has 2 heterocycles. The Labute approximate surface area is 349 Å². The minimum absolute atomic E-state index is 0.0450. The van der Waals surface area contributed by atoms with Crippen molar-refractivity contribution in [2.45, 2.75) is 154 Å². The van der Waals surface area contributed by atoms with E-state index in [9.17, 15) is 24.6 Å². The number of fused-ring (bicyclic) bond motifs is 2. The third-order valence-corrected chi connectivity index (χ3v) is 16.1. The summed E-state index contributed by atoms with van der Waals surface area (Å²) in [4.78, 5) is 49.3. The lowest BCUT2D eigenvalue weighted by atomic mass is 9.45. The zero-order valence-corrected chi connectivity index (χ0v) is 37.1. The van der Waals surface area contributed by atoms with Crippen LogP contribution in [-0.4, -0.2) is 134 Å². The van der Waals surface area contributed by atoms with Crippen molar-refractivity contribution in [3.8, 4) is 0 Å². The Morgan fingerprint density at radius 3 is 2.43 bits per heavy atom. The van der Waals surface area contributed by atoms with Crippen LogP contribution in [0.3, 0.4) is 0 Å². The molecule has 3 amide bonds. The second-order valence-corrected chi connectivity index (χ2v) is 20.6. The van der Waals surface area contributed by atoms with Crippen molar-refractivity contribution in [3.63, 3.8) is 0 Å². The molecule has 0 aromatic carbocycles. The highest BCUT2D eigenvalue weighted by Crippen LogP contribution is 2.61. The van der Waals surface area contributed by atoms with Crippen LogP contribution in [0.4, 0.5) is 0 Å². The SMILES string of the molecule is COC1C(CN2O[C@@H](CO)[C@H]([C@H](C)O)[C@H]2C(=O)N[C@H]2C[C@H]3C[C@@H]([C@@H]2C)C3(C)C)CCCC1C1CC(CNC(C)=O)CC(C(=O)N[C@@H](CC2CCCCN2)CN(C)C)C1. The Balaban J connectivity index is 1.17. The van der Waals surface area contributed by atoms with Crippen LogP contribution in [0.25, 0.3) is 0 Å². The van der Waals surface area contributed by atoms with E-state index >= 15 is 0 Å². The Bertz CT molecular complexity index is 1380. The van der Waals surface area contributed by atoms with E-state index in [0.29, 0.717) is 42.3 Å². The number of piperidine rings is 1. The first kappa shape index (κ1) is 45.7. The van der Waals surface area contributed by atoms with Gasteiger partial charge in [0.05, 0.1) is 18.8 Å². The maximum Gasteiger partial charge on any atom is 0.240 e. The molecule has 16 atom stereocenters. The Kier molecular flexibility index (Phi) is 15.7. The van der Waals surface area contributed by atoms with Crippen LogP contribution in [0, 0.1) is 58.7 Å². The molecule has 13 nitrogen and oxygen atoms in total. The molecule has 332 valence electrons. The molecule has 0 spiro atoms. The second-order valence-electron chi connectivity index (χ2n) is 20.6. The molecule has 7 fully saturated rings. The van der Waals surface area contributed by atoms with Crippen LogP contribution in [-0.2, 0) is 24.0 Å². The predicted octanol–water partition coefficient (Wildman–Crippen LogP) is 3.33. The Hall–Kier alpha value is -1.87. The molecule has 0 radical (unpaired) electrons. The summed E-state index contributed by atoms with van der Waals surface area (Å²) in [5, 5.41) is 36.9. The van der Waals surface area contributed by atoms with E-state index in [1.54, 1.807) is 26.0 Å². The average Bonchev–Trinajstić information content (AvgIpc) is 3.56. The van der Waals surface area contributed by atoms with Gasteiger partial charge in [-0.2, -0.15) is 5.06 Å². The van der Waals surface area contributed by atoms with Crippen molar-refractivity contribution in [2.24, 2.45) is 58.7 Å². The maximum absolute atomic E-state index is 14.4. The summed E-state index contributed by atoms with van der Waals surface area (Å²) in [5.41, 5.74) is 0.298. The predicted molar refractivity (Wildman–Crippen MR) is 224 cm³/mol. The fourth-order valence-electron chi connectivity index (χ4n) is 13.0. The number of rotatable bonds is 16. The number of hydroxylamine groups is 2. The van der Waals surface area contributed by atoms with E-state index in [1.165, 1.54) is 19.3 Å². The number of likely N-dealkylation sites (N-methyl/N-ethyl adjacent to an activating group) is 1. The molecule has 2 bridgehead atoms. The number of hydrogen-bond acceptors (Lipinski definition) is 10. The summed E-state index contributed by atoms with van der Waals surface area (Å²) >= 11 is 0. The number of aliphatic hydroxyl groups excluding tert-OH is 2. The molecule has 0 aromatic heterocycles. The monoisotopic (exact) mass is 817 g/mol. The smallest absolute Gasteiger partial charge is 0.240 e. The standard InChI is InChI=1S/C45H80N6O7/c1-26-37-19-33(45(37,4)5)20-38(26)49-44(56)41-40(27(2)53)39(25-52)58-51(41)23-30-12-11-14-36(42(30)57-8)31-16-29(22-47-28(3)54)17-32(18-31)43(55)48-35(24-50(6)7)21-34-13-9-10-15-46-34/h26-27,29-42,46,52-53H,9-25H2,1-8H3,(H,47,54)(H,48,55)(H,49,56)/t26-,27-,29?,30?,31?,32?,33+,34?,35-,36?,37-,38-,39-,40-,41-,42?/m0/s1. The minimum Gasteiger partial charge on any atom is -0.394 e. The van der Waals surface area contributed by atoms with Gasteiger partial charge in [0.25, 0.3) is 0 Å². The van der Waals surface area contributed by atoms with E-state index in [-0.39, 0.29) is 72.1 Å². The number of aliphatic hydroxyl groups is 2. The highest BCUT2D eigenvalue weighted by atomic mass is 16.7. The normalized spacial score (nSPS) is 40.0. The summed E-state index contributed by atoms with van der Waals surface area (Å²) in [6, 6.07) is -0.202. The average molecular weight is 817 g/mol. The molecule has 58 heavy (non-hydrogen) atoms. The lowest BCUT2D eigenvalue weighted by Crippen LogP contribution is -2.62. The molecular formula is C45H80N6O7. The first-order valence-electron chi connectivity index (χ1n) is 23.1. The van der Waals surface area contributed by atoms with Gasteiger partial charge in [-0.1, -0.05) is 33.6 Å². The molecule has 7 rings (SSSR count). The molecule has 6 N–H and O–H groups in total. The Morgan fingerprint density at radius 1 is 1.03 bits per heavy atom. The lowest BCUT2D eigenvalue weighted by Gasteiger charge is -2.62. The number of nitrogens with one attached hydrogen (secondary N) is 4. The zero-order valence-electron chi connectivity index (χ0n) is 37.1. The third kappa shape index (κ3) is 10.4. The van der Waals surface area contributed by atoms with Crippen molar-refractivity contribution < 1.29 is 34.2 Å². The van der Waals surface area contributed by atoms with Crippen LogP contribution in [0.5, 0.6) is 0 Å². The van der Waals surface area contributed by atoms with Crippen molar-refractivity contribution in [3.05, 3.63) is 0 Å². The van der Waals surface area contributed by atoms with Crippen LogP contribution in [0.15, 0.2) is 0 Å². The molecule has 13 heteroatoms. The summed E-state index contributed by atoms with van der Waals surface area (Å²) < 4.78 is 6.43. The molecule has 7 unspecified atom stereocenters. The number of carbonyl (C=O) groups excluding carboxylic acids is 3. The van der Waals surface area contributed by atoms with Gasteiger partial charge in [-0.15, -0.1) is 0 Å². The first-order valence-corrected chi connectivity index (χ1v) is 23.1. The largest absolute Gasteiger partial charge is 0.394 e. The fraction of sp³-hybridized carbons (Fsp3) is 0.933. The number of hydrogen-bond donors (Lipinski definition) is 6. The number of amides is 3. The van der Waals surface area contributed by atoms with Gasteiger partial charge in [0.15, 0.2) is 0 Å². The third-order valence-electron chi connectivity index (χ3n) is 16.1. The van der Waals surface area contributed by atoms with Gasteiger partial charge in [0, 0.05) is 69.5 Å². The van der Waals surface area contributed by atoms with Crippen LogP contribution in [0.2, 0.25) is 0 Å². The van der Waals surface area contributed by atoms with E-state index in [0.717, 1.165) is 70.9 Å². The van der Waals surface area contributed by atoms with Gasteiger partial charge in [0.1, 0.15) is 12.1 Å². The van der Waals surface area contributed by atoms with Crippen molar-refractivity contribution >= 4 is 17.7 Å². The van der Waals surface area contributed by atoms with Crippen molar-refractivity contribution in [1.29, 1.82) is 0 Å². The topological polar surface area (TPSA) is 165 Å². The number of ether oxygens (including phenoxy) is 1. The summed E-state index contributed by atoms with van der Waals surface area (Å²) in [5.74, 6) is 1.36. The molecule has 0 aromatic rings. The van der Waals surface area contributed by atoms with Crippen LogP contribution < -0.4 is 21.3 Å². The van der Waals surface area contributed by atoms with Gasteiger partial charge in [0.2, 0.25) is 17.7 Å². The van der Waals surface area contributed by atoms with E-state index < -0.39 is 24.2 Å². The van der Waals surface area contributed by atoms with Crippen molar-refractivity contribution in [1.82, 2.24) is 31.2 Å². The Morgan fingerprint density at radius 2 is 1.81 bits per heavy atom. The molecule has 5 saturated carbocycles. The number of nitrogens with zero attached hydrogens (tertiary/aromatic N) is 2. The zero-order chi connectivity index (χ0) is 41.9. The molecule has 5 aliphatic carbocycles. The van der Waals surface area contributed by atoms with Gasteiger partial charge in [-0.3, -0.25) is 19.2 Å². The molecule has 2 saturated heterocycles. The number of methoxy groups -OCH3 is 1. The molecule has 2 aliphatic heterocycles. The molecule has 7 aliphatic rings. The van der Waals surface area contributed by atoms with Crippen molar-refractivity contribution in [2.75, 3.05) is 54.0 Å². The van der Waals surface area contributed by atoms with Gasteiger partial charge in [-0.25, -0.2) is 0 Å². The quantitative estimate of drug-likeness (QED) is 0.136. The van der Waals surface area contributed by atoms with Crippen LogP contribution in [0.1, 0.15) is 112 Å². The van der Waals surface area contributed by atoms with Crippen LogP contribution >= 0.6 is 0 Å². The molecular weight excluding hydrogens is 737 g/mol.